The quantitative estimate of drug-likeness (QED) is 0.723. The molecule has 0 saturated heterocycles. The lowest BCUT2D eigenvalue weighted by Crippen LogP contribution is -1.96. The number of hydrogen-bond donors (Lipinski definition) is 0. The highest BCUT2D eigenvalue weighted by molar-refractivity contribution is 5.70. The van der Waals surface area contributed by atoms with Crippen molar-refractivity contribution in [2.24, 2.45) is 0 Å². The third-order valence-electron chi connectivity index (χ3n) is 2.12. The van der Waals surface area contributed by atoms with Gasteiger partial charge in [-0.05, 0) is 17.7 Å². The van der Waals surface area contributed by atoms with Crippen LogP contribution < -0.4 is 0 Å². The number of methoxy groups -OCH3 is 1. The minimum atomic E-state index is 0.317. The molecule has 0 radical (unpaired) electrons. The molecule has 2 aromatic rings. The lowest BCUT2D eigenvalue weighted by atomic mass is 10.2. The van der Waals surface area contributed by atoms with Gasteiger partial charge in [-0.25, -0.2) is 4.68 Å². The summed E-state index contributed by atoms with van der Waals surface area (Å²) < 4.78 is 6.60. The molecule has 0 unspecified atom stereocenters. The summed E-state index contributed by atoms with van der Waals surface area (Å²) in [7, 11) is 1.65. The number of carbonyl (C=O) groups excluding carboxylic acids is 1. The van der Waals surface area contributed by atoms with E-state index in [0.717, 1.165) is 11.3 Å². The van der Waals surface area contributed by atoms with Crippen LogP contribution in [-0.4, -0.2) is 28.4 Å². The summed E-state index contributed by atoms with van der Waals surface area (Å²) in [5, 5.41) is 7.55. The van der Waals surface area contributed by atoms with Crippen molar-refractivity contribution in [3.63, 3.8) is 0 Å². The van der Waals surface area contributed by atoms with E-state index in [1.807, 2.05) is 24.3 Å². The van der Waals surface area contributed by atoms with Crippen molar-refractivity contribution in [3.8, 4) is 5.69 Å². The zero-order valence-electron chi connectivity index (χ0n) is 8.83. The van der Waals surface area contributed by atoms with Crippen molar-refractivity contribution in [3.05, 3.63) is 41.7 Å². The summed E-state index contributed by atoms with van der Waals surface area (Å²) in [6.45, 7) is 0.545. The summed E-state index contributed by atoms with van der Waals surface area (Å²) in [6, 6.07) is 7.70. The van der Waals surface area contributed by atoms with E-state index in [0.29, 0.717) is 18.6 Å². The van der Waals surface area contributed by atoms with E-state index >= 15 is 0 Å². The smallest absolute Gasteiger partial charge is 0.171 e. The molecule has 2 rings (SSSR count). The first-order valence-electron chi connectivity index (χ1n) is 4.79. The molecule has 0 spiro atoms. The highest BCUT2D eigenvalue weighted by atomic mass is 16.5. The van der Waals surface area contributed by atoms with Crippen LogP contribution >= 0.6 is 0 Å². The predicted octanol–water partition coefficient (Wildman–Crippen LogP) is 1.23. The van der Waals surface area contributed by atoms with Crippen LogP contribution in [0.3, 0.4) is 0 Å². The van der Waals surface area contributed by atoms with Gasteiger partial charge in [0.2, 0.25) is 0 Å². The molecule has 82 valence electrons. The molecule has 0 amide bonds. The number of aromatic nitrogens is 3. The van der Waals surface area contributed by atoms with Gasteiger partial charge in [-0.2, -0.15) is 0 Å². The zero-order valence-corrected chi connectivity index (χ0v) is 8.83. The van der Waals surface area contributed by atoms with E-state index < -0.39 is 0 Å². The molecule has 16 heavy (non-hydrogen) atoms. The summed E-state index contributed by atoms with van der Waals surface area (Å²) in [4.78, 5) is 10.5. The Morgan fingerprint density at radius 2 is 2.38 bits per heavy atom. The number of carbonyl (C=O) groups is 1. The number of ether oxygens (including phenoxy) is 1. The SMILES string of the molecule is COCc1cccc(-n2cc(C=O)nn2)c1. The van der Waals surface area contributed by atoms with E-state index in [1.165, 1.54) is 0 Å². The second kappa shape index (κ2) is 4.67. The molecule has 1 aromatic heterocycles. The topological polar surface area (TPSA) is 57.0 Å². The molecule has 0 aliphatic rings. The van der Waals surface area contributed by atoms with Crippen LogP contribution in [0, 0.1) is 0 Å². The van der Waals surface area contributed by atoms with Crippen molar-refractivity contribution >= 4 is 6.29 Å². The van der Waals surface area contributed by atoms with Gasteiger partial charge in [-0.15, -0.1) is 5.10 Å². The molecule has 0 aliphatic heterocycles. The van der Waals surface area contributed by atoms with Crippen molar-refractivity contribution in [2.45, 2.75) is 6.61 Å². The van der Waals surface area contributed by atoms with E-state index in [1.54, 1.807) is 18.0 Å². The Morgan fingerprint density at radius 1 is 1.50 bits per heavy atom. The van der Waals surface area contributed by atoms with E-state index in [2.05, 4.69) is 10.3 Å². The molecule has 0 N–H and O–H groups in total. The molecule has 1 heterocycles. The molecule has 0 fully saturated rings. The number of nitrogens with zero attached hydrogens (tertiary/aromatic N) is 3. The van der Waals surface area contributed by atoms with Crippen LogP contribution in [0.2, 0.25) is 0 Å². The summed E-state index contributed by atoms with van der Waals surface area (Å²) in [5.41, 5.74) is 2.22. The van der Waals surface area contributed by atoms with Crippen molar-refractivity contribution in [1.82, 2.24) is 15.0 Å². The summed E-state index contributed by atoms with van der Waals surface area (Å²) in [5.74, 6) is 0. The monoisotopic (exact) mass is 217 g/mol. The minimum absolute atomic E-state index is 0.317. The Hall–Kier alpha value is -2.01. The zero-order chi connectivity index (χ0) is 11.4. The molecule has 1 aromatic carbocycles. The molecule has 0 aliphatic carbocycles. The molecule has 5 nitrogen and oxygen atoms in total. The first-order chi connectivity index (χ1) is 7.83. The average Bonchev–Trinajstić information content (AvgIpc) is 2.78. The average molecular weight is 217 g/mol. The van der Waals surface area contributed by atoms with Crippen LogP contribution in [0.4, 0.5) is 0 Å². The summed E-state index contributed by atoms with van der Waals surface area (Å²) >= 11 is 0. The fourth-order valence-electron chi connectivity index (χ4n) is 1.41. The van der Waals surface area contributed by atoms with Gasteiger partial charge < -0.3 is 4.74 Å². The number of rotatable bonds is 4. The molecule has 0 saturated carbocycles. The second-order valence-electron chi connectivity index (χ2n) is 3.31. The maximum absolute atomic E-state index is 10.5. The van der Waals surface area contributed by atoms with Crippen molar-refractivity contribution in [1.29, 1.82) is 0 Å². The van der Waals surface area contributed by atoms with Gasteiger partial charge in [0.1, 0.15) is 5.69 Å². The van der Waals surface area contributed by atoms with Crippen molar-refractivity contribution < 1.29 is 9.53 Å². The van der Waals surface area contributed by atoms with Gasteiger partial charge in [0.15, 0.2) is 6.29 Å². The largest absolute Gasteiger partial charge is 0.380 e. The fourth-order valence-corrected chi connectivity index (χ4v) is 1.41. The Kier molecular flexibility index (Phi) is 3.07. The highest BCUT2D eigenvalue weighted by Crippen LogP contribution is 2.10. The van der Waals surface area contributed by atoms with Gasteiger partial charge in [0.25, 0.3) is 0 Å². The van der Waals surface area contributed by atoms with Gasteiger partial charge in [0, 0.05) is 7.11 Å². The van der Waals surface area contributed by atoms with E-state index in [4.69, 9.17) is 4.74 Å². The normalized spacial score (nSPS) is 10.3. The molecular weight excluding hydrogens is 206 g/mol. The number of aldehydes is 1. The van der Waals surface area contributed by atoms with Gasteiger partial charge in [-0.3, -0.25) is 4.79 Å². The third kappa shape index (κ3) is 2.14. The molecule has 0 atom stereocenters. The van der Waals surface area contributed by atoms with E-state index in [-0.39, 0.29) is 0 Å². The fraction of sp³-hybridized carbons (Fsp3) is 0.182. The maximum atomic E-state index is 10.5. The Morgan fingerprint density at radius 3 is 3.06 bits per heavy atom. The minimum Gasteiger partial charge on any atom is -0.380 e. The van der Waals surface area contributed by atoms with Crippen LogP contribution in [0.25, 0.3) is 5.69 Å². The lowest BCUT2D eigenvalue weighted by molar-refractivity contribution is 0.111. The number of benzene rings is 1. The standard InChI is InChI=1S/C11H11N3O2/c1-16-8-9-3-2-4-11(5-9)14-6-10(7-15)12-13-14/h2-7H,8H2,1H3. The van der Waals surface area contributed by atoms with Crippen LogP contribution in [-0.2, 0) is 11.3 Å². The Labute approximate surface area is 92.7 Å². The second-order valence-corrected chi connectivity index (χ2v) is 3.31. The highest BCUT2D eigenvalue weighted by Gasteiger charge is 2.02. The summed E-state index contributed by atoms with van der Waals surface area (Å²) in [6.07, 6.45) is 2.25. The van der Waals surface area contributed by atoms with Crippen LogP contribution in [0.1, 0.15) is 16.1 Å². The predicted molar refractivity (Wildman–Crippen MR) is 57.5 cm³/mol. The van der Waals surface area contributed by atoms with Gasteiger partial charge in [-0.1, -0.05) is 17.3 Å². The van der Waals surface area contributed by atoms with E-state index in [9.17, 15) is 4.79 Å². The van der Waals surface area contributed by atoms with Crippen molar-refractivity contribution in [2.75, 3.05) is 7.11 Å². The van der Waals surface area contributed by atoms with Crippen LogP contribution in [0.15, 0.2) is 30.5 Å². The van der Waals surface area contributed by atoms with Gasteiger partial charge >= 0.3 is 0 Å². The van der Waals surface area contributed by atoms with Crippen LogP contribution in [0.5, 0.6) is 0 Å². The Balaban J connectivity index is 2.32. The first kappa shape index (κ1) is 10.5. The molecular formula is C11H11N3O2. The molecule has 0 bridgehead atoms. The Bertz CT molecular complexity index is 493. The lowest BCUT2D eigenvalue weighted by Gasteiger charge is -2.03. The first-order valence-corrected chi connectivity index (χ1v) is 4.79. The molecule has 5 heteroatoms. The third-order valence-corrected chi connectivity index (χ3v) is 2.12. The maximum Gasteiger partial charge on any atom is 0.171 e. The van der Waals surface area contributed by atoms with Gasteiger partial charge in [0.05, 0.1) is 18.5 Å². The number of hydrogen-bond acceptors (Lipinski definition) is 4.